The van der Waals surface area contributed by atoms with E-state index in [0.717, 1.165) is 38.3 Å². The van der Waals surface area contributed by atoms with E-state index in [2.05, 4.69) is 79.8 Å². The minimum atomic E-state index is 0.758. The lowest BCUT2D eigenvalue weighted by Crippen LogP contribution is -2.18. The van der Waals surface area contributed by atoms with Crippen molar-refractivity contribution in [2.45, 2.75) is 33.2 Å². The Morgan fingerprint density at radius 1 is 0.920 bits per heavy atom. The smallest absolute Gasteiger partial charge is 0.124 e. The summed E-state index contributed by atoms with van der Waals surface area (Å²) in [5.74, 6) is 1.00. The summed E-state index contributed by atoms with van der Waals surface area (Å²) in [4.78, 5) is 0. The summed E-state index contributed by atoms with van der Waals surface area (Å²) >= 11 is 0. The van der Waals surface area contributed by atoms with E-state index in [9.17, 15) is 0 Å². The van der Waals surface area contributed by atoms with Gasteiger partial charge in [0.15, 0.2) is 0 Å². The fourth-order valence-electron chi connectivity index (χ4n) is 3.17. The normalized spacial score (nSPS) is 11.0. The van der Waals surface area contributed by atoms with Gasteiger partial charge in [0.1, 0.15) is 5.75 Å². The van der Waals surface area contributed by atoms with Crippen LogP contribution in [0.25, 0.3) is 10.8 Å². The molecule has 2 nitrogen and oxygen atoms in total. The van der Waals surface area contributed by atoms with Gasteiger partial charge >= 0.3 is 0 Å². The highest BCUT2D eigenvalue weighted by Gasteiger charge is 2.08. The summed E-state index contributed by atoms with van der Waals surface area (Å²) < 4.78 is 5.99. The van der Waals surface area contributed by atoms with Crippen molar-refractivity contribution in [1.82, 2.24) is 5.32 Å². The van der Waals surface area contributed by atoms with E-state index < -0.39 is 0 Å². The zero-order valence-corrected chi connectivity index (χ0v) is 15.2. The number of nitrogens with one attached hydrogen (secondary N) is 1. The van der Waals surface area contributed by atoms with Crippen LogP contribution in [-0.4, -0.2) is 13.2 Å². The van der Waals surface area contributed by atoms with Crippen molar-refractivity contribution in [3.63, 3.8) is 0 Å². The first-order valence-corrected chi connectivity index (χ1v) is 9.18. The van der Waals surface area contributed by atoms with Crippen LogP contribution in [0.15, 0.2) is 60.7 Å². The lowest BCUT2D eigenvalue weighted by atomic mass is 10.0. The molecule has 0 aliphatic carbocycles. The van der Waals surface area contributed by atoms with Crippen molar-refractivity contribution in [2.24, 2.45) is 0 Å². The van der Waals surface area contributed by atoms with Gasteiger partial charge in [-0.1, -0.05) is 61.5 Å². The number of ether oxygens (including phenoxy) is 1. The van der Waals surface area contributed by atoms with Crippen molar-refractivity contribution >= 4 is 10.8 Å². The Kier molecular flexibility index (Phi) is 6.08. The van der Waals surface area contributed by atoms with Gasteiger partial charge in [0.25, 0.3) is 0 Å². The maximum Gasteiger partial charge on any atom is 0.124 e. The van der Waals surface area contributed by atoms with Crippen molar-refractivity contribution in [1.29, 1.82) is 0 Å². The molecule has 0 amide bonds. The zero-order valence-electron chi connectivity index (χ0n) is 15.2. The zero-order chi connectivity index (χ0) is 17.5. The lowest BCUT2D eigenvalue weighted by molar-refractivity contribution is 0.314. The van der Waals surface area contributed by atoms with Crippen LogP contribution in [0.3, 0.4) is 0 Å². The monoisotopic (exact) mass is 333 g/mol. The molecule has 0 bridgehead atoms. The van der Waals surface area contributed by atoms with Crippen LogP contribution in [0.2, 0.25) is 0 Å². The molecule has 0 saturated carbocycles. The maximum atomic E-state index is 5.99. The largest absolute Gasteiger partial charge is 0.493 e. The van der Waals surface area contributed by atoms with Gasteiger partial charge in [0.2, 0.25) is 0 Å². The highest BCUT2D eigenvalue weighted by atomic mass is 16.5. The van der Waals surface area contributed by atoms with Gasteiger partial charge in [-0.3, -0.25) is 0 Å². The number of rotatable bonds is 8. The van der Waals surface area contributed by atoms with E-state index in [1.807, 2.05) is 0 Å². The van der Waals surface area contributed by atoms with E-state index in [4.69, 9.17) is 4.74 Å². The molecule has 0 saturated heterocycles. The van der Waals surface area contributed by atoms with Gasteiger partial charge in [-0.2, -0.15) is 0 Å². The minimum Gasteiger partial charge on any atom is -0.493 e. The third-order valence-electron chi connectivity index (χ3n) is 4.59. The molecule has 0 aliphatic heterocycles. The summed E-state index contributed by atoms with van der Waals surface area (Å²) in [6.45, 7) is 6.86. The summed E-state index contributed by atoms with van der Waals surface area (Å²) in [6, 6.07) is 21.4. The molecule has 25 heavy (non-hydrogen) atoms. The summed E-state index contributed by atoms with van der Waals surface area (Å²) in [5, 5.41) is 6.15. The summed E-state index contributed by atoms with van der Waals surface area (Å²) in [6.07, 6.45) is 2.07. The van der Waals surface area contributed by atoms with Gasteiger partial charge < -0.3 is 10.1 Å². The van der Waals surface area contributed by atoms with Gasteiger partial charge in [-0.05, 0) is 54.3 Å². The van der Waals surface area contributed by atoms with Crippen LogP contribution in [0, 0.1) is 6.92 Å². The van der Waals surface area contributed by atoms with Crippen molar-refractivity contribution in [2.75, 3.05) is 13.2 Å². The molecule has 3 rings (SSSR count). The highest BCUT2D eigenvalue weighted by molar-refractivity contribution is 5.87. The average molecular weight is 333 g/mol. The Morgan fingerprint density at radius 2 is 1.72 bits per heavy atom. The van der Waals surface area contributed by atoms with Crippen molar-refractivity contribution in [3.05, 3.63) is 77.4 Å². The average Bonchev–Trinajstić information content (AvgIpc) is 2.65. The second-order valence-electron chi connectivity index (χ2n) is 6.47. The van der Waals surface area contributed by atoms with Crippen molar-refractivity contribution < 1.29 is 4.74 Å². The van der Waals surface area contributed by atoms with E-state index in [0.29, 0.717) is 0 Å². The Hall–Kier alpha value is -2.32. The van der Waals surface area contributed by atoms with Gasteiger partial charge in [-0.25, -0.2) is 0 Å². The highest BCUT2D eigenvalue weighted by Crippen LogP contribution is 2.28. The predicted octanol–water partition coefficient (Wildman–Crippen LogP) is 5.27. The molecule has 0 atom stereocenters. The van der Waals surface area contributed by atoms with Gasteiger partial charge in [0.05, 0.1) is 6.61 Å². The predicted molar refractivity (Wildman–Crippen MR) is 106 cm³/mol. The minimum absolute atomic E-state index is 0.758. The fourth-order valence-corrected chi connectivity index (χ4v) is 3.17. The van der Waals surface area contributed by atoms with Crippen LogP contribution < -0.4 is 10.1 Å². The second-order valence-corrected chi connectivity index (χ2v) is 6.47. The fraction of sp³-hybridized carbons (Fsp3) is 0.304. The molecule has 0 radical (unpaired) electrons. The summed E-state index contributed by atoms with van der Waals surface area (Å²) in [5.41, 5.74) is 4.04. The first-order valence-electron chi connectivity index (χ1n) is 9.18. The van der Waals surface area contributed by atoms with Crippen LogP contribution in [0.5, 0.6) is 5.75 Å². The Bertz CT molecular complexity index is 825. The number of hydrogen-bond donors (Lipinski definition) is 1. The molecule has 3 aromatic carbocycles. The molecule has 0 aromatic heterocycles. The first kappa shape index (κ1) is 17.5. The molecule has 0 unspecified atom stereocenters. The third kappa shape index (κ3) is 4.40. The number of fused-ring (bicyclic) bond motifs is 1. The third-order valence-corrected chi connectivity index (χ3v) is 4.59. The van der Waals surface area contributed by atoms with Gasteiger partial charge in [-0.15, -0.1) is 0 Å². The molecule has 1 N–H and O–H groups in total. The topological polar surface area (TPSA) is 21.3 Å². The van der Waals surface area contributed by atoms with Crippen LogP contribution in [0.4, 0.5) is 0 Å². The molecule has 0 heterocycles. The van der Waals surface area contributed by atoms with E-state index in [1.54, 1.807) is 0 Å². The summed E-state index contributed by atoms with van der Waals surface area (Å²) in [7, 11) is 0. The molecule has 0 spiro atoms. The van der Waals surface area contributed by atoms with Crippen LogP contribution in [0.1, 0.15) is 30.0 Å². The quantitative estimate of drug-likeness (QED) is 0.567. The molecule has 2 heteroatoms. The van der Waals surface area contributed by atoms with E-state index >= 15 is 0 Å². The van der Waals surface area contributed by atoms with Crippen molar-refractivity contribution in [3.8, 4) is 5.75 Å². The second kappa shape index (κ2) is 8.68. The van der Waals surface area contributed by atoms with Crippen LogP contribution in [-0.2, 0) is 13.0 Å². The lowest BCUT2D eigenvalue weighted by Gasteiger charge is -2.15. The SMILES string of the molecule is CCCOc1ccc2ccccc2c1CNCCc1ccccc1C. The van der Waals surface area contributed by atoms with E-state index in [-0.39, 0.29) is 0 Å². The number of hydrogen-bond acceptors (Lipinski definition) is 2. The number of benzene rings is 3. The standard InChI is InChI=1S/C23H27NO/c1-3-16-25-23-13-12-20-10-6-7-11-21(20)22(23)17-24-15-14-19-9-5-4-8-18(19)2/h4-13,24H,3,14-17H2,1-2H3. The first-order chi connectivity index (χ1) is 12.3. The molecular weight excluding hydrogens is 306 g/mol. The Morgan fingerprint density at radius 3 is 2.56 bits per heavy atom. The molecule has 0 aliphatic rings. The Balaban J connectivity index is 1.71. The van der Waals surface area contributed by atoms with Gasteiger partial charge in [0, 0.05) is 12.1 Å². The molecular formula is C23H27NO. The maximum absolute atomic E-state index is 5.99. The molecule has 3 aromatic rings. The van der Waals surface area contributed by atoms with E-state index in [1.165, 1.54) is 27.5 Å². The Labute approximate surface area is 150 Å². The number of aryl methyl sites for hydroxylation is 1. The molecule has 0 fully saturated rings. The molecule has 130 valence electrons. The van der Waals surface area contributed by atoms with Crippen LogP contribution >= 0.6 is 0 Å².